The van der Waals surface area contributed by atoms with E-state index in [1.165, 1.54) is 0 Å². The lowest BCUT2D eigenvalue weighted by atomic mass is 10.2. The Balaban J connectivity index is 1.87. The van der Waals surface area contributed by atoms with Crippen LogP contribution in [-0.4, -0.2) is 29.3 Å². The topological polar surface area (TPSA) is 63.0 Å². The third kappa shape index (κ3) is 1.63. The van der Waals surface area contributed by atoms with Crippen molar-refractivity contribution in [2.45, 2.75) is 19.4 Å². The van der Waals surface area contributed by atoms with Crippen LogP contribution in [0.5, 0.6) is 0 Å². The molecule has 1 aliphatic rings. The number of hydrogen-bond donors (Lipinski definition) is 2. The molecule has 0 aromatic carbocycles. The highest BCUT2D eigenvalue weighted by molar-refractivity contribution is 5.80. The Morgan fingerprint density at radius 1 is 1.56 bits per heavy atom. The Morgan fingerprint density at radius 3 is 3.31 bits per heavy atom. The molecule has 2 aromatic heterocycles. The minimum absolute atomic E-state index is 0.467. The van der Waals surface area contributed by atoms with Crippen LogP contribution in [0.1, 0.15) is 12.1 Å². The van der Waals surface area contributed by atoms with Crippen LogP contribution >= 0.6 is 0 Å². The minimum atomic E-state index is 0.467. The third-order valence-corrected chi connectivity index (χ3v) is 2.95. The van der Waals surface area contributed by atoms with E-state index in [4.69, 9.17) is 4.52 Å². The second-order valence-electron chi connectivity index (χ2n) is 4.17. The summed E-state index contributed by atoms with van der Waals surface area (Å²) in [6.07, 6.45) is 2.95. The molecule has 1 fully saturated rings. The van der Waals surface area contributed by atoms with Gasteiger partial charge in [0.05, 0.1) is 11.1 Å². The van der Waals surface area contributed by atoms with E-state index < -0.39 is 0 Å². The summed E-state index contributed by atoms with van der Waals surface area (Å²) >= 11 is 0. The molecule has 1 saturated heterocycles. The van der Waals surface area contributed by atoms with Crippen molar-refractivity contribution in [3.63, 3.8) is 0 Å². The zero-order valence-corrected chi connectivity index (χ0v) is 9.16. The normalized spacial score (nSPS) is 20.4. The molecule has 1 unspecified atom stereocenters. The molecule has 0 radical (unpaired) electrons. The van der Waals surface area contributed by atoms with Crippen LogP contribution in [0.4, 0.5) is 5.82 Å². The van der Waals surface area contributed by atoms with Gasteiger partial charge in [-0.1, -0.05) is 5.16 Å². The van der Waals surface area contributed by atoms with E-state index in [2.05, 4.69) is 20.8 Å². The molecule has 1 aliphatic heterocycles. The average Bonchev–Trinajstić information content (AvgIpc) is 2.90. The Morgan fingerprint density at radius 2 is 2.50 bits per heavy atom. The van der Waals surface area contributed by atoms with Crippen molar-refractivity contribution in [2.24, 2.45) is 0 Å². The van der Waals surface area contributed by atoms with Crippen LogP contribution in [0, 0.1) is 6.92 Å². The van der Waals surface area contributed by atoms with E-state index in [1.54, 1.807) is 0 Å². The van der Waals surface area contributed by atoms with Crippen molar-refractivity contribution >= 4 is 16.8 Å². The van der Waals surface area contributed by atoms with Gasteiger partial charge in [-0.25, -0.2) is 4.98 Å². The van der Waals surface area contributed by atoms with Gasteiger partial charge in [-0.3, -0.25) is 0 Å². The van der Waals surface area contributed by atoms with Crippen molar-refractivity contribution in [3.8, 4) is 0 Å². The maximum atomic E-state index is 5.21. The summed E-state index contributed by atoms with van der Waals surface area (Å²) in [5.41, 5.74) is 1.68. The lowest BCUT2D eigenvalue weighted by Crippen LogP contribution is -2.22. The summed E-state index contributed by atoms with van der Waals surface area (Å²) in [5.74, 6) is 0.859. The van der Waals surface area contributed by atoms with Crippen molar-refractivity contribution in [1.29, 1.82) is 0 Å². The largest absolute Gasteiger partial charge is 0.366 e. The SMILES string of the molecule is Cc1noc2cc(NC3CCNC3)ncc12. The molecule has 0 saturated carbocycles. The number of nitrogens with one attached hydrogen (secondary N) is 2. The van der Waals surface area contributed by atoms with Crippen LogP contribution in [0.3, 0.4) is 0 Å². The number of aromatic nitrogens is 2. The third-order valence-electron chi connectivity index (χ3n) is 2.95. The fourth-order valence-corrected chi connectivity index (χ4v) is 2.02. The molecule has 0 amide bonds. The molecular formula is C11H14N4O. The maximum absolute atomic E-state index is 5.21. The molecule has 0 spiro atoms. The summed E-state index contributed by atoms with van der Waals surface area (Å²) in [5, 5.41) is 11.6. The van der Waals surface area contributed by atoms with E-state index >= 15 is 0 Å². The highest BCUT2D eigenvalue weighted by atomic mass is 16.5. The van der Waals surface area contributed by atoms with Crippen LogP contribution in [0.2, 0.25) is 0 Å². The number of pyridine rings is 1. The predicted octanol–water partition coefficient (Wildman–Crippen LogP) is 1.31. The molecule has 0 bridgehead atoms. The van der Waals surface area contributed by atoms with E-state index in [9.17, 15) is 0 Å². The standard InChI is InChI=1S/C11H14N4O/c1-7-9-6-13-11(4-10(9)16-15-7)14-8-2-3-12-5-8/h4,6,8,12H,2-3,5H2,1H3,(H,13,14). The van der Waals surface area contributed by atoms with E-state index in [0.29, 0.717) is 6.04 Å². The molecule has 16 heavy (non-hydrogen) atoms. The lowest BCUT2D eigenvalue weighted by Gasteiger charge is -2.11. The zero-order valence-electron chi connectivity index (χ0n) is 9.16. The molecule has 2 N–H and O–H groups in total. The van der Waals surface area contributed by atoms with Gasteiger partial charge in [0, 0.05) is 24.8 Å². The molecule has 84 valence electrons. The van der Waals surface area contributed by atoms with Crippen molar-refractivity contribution in [3.05, 3.63) is 18.0 Å². The van der Waals surface area contributed by atoms with Gasteiger partial charge in [-0.15, -0.1) is 0 Å². The molecule has 5 heteroatoms. The van der Waals surface area contributed by atoms with Gasteiger partial charge in [-0.2, -0.15) is 0 Å². The van der Waals surface area contributed by atoms with Crippen molar-refractivity contribution in [1.82, 2.24) is 15.5 Å². The average molecular weight is 218 g/mol. The van der Waals surface area contributed by atoms with E-state index in [0.717, 1.165) is 42.0 Å². The number of nitrogens with zero attached hydrogens (tertiary/aromatic N) is 2. The fourth-order valence-electron chi connectivity index (χ4n) is 2.02. The van der Waals surface area contributed by atoms with Crippen molar-refractivity contribution in [2.75, 3.05) is 18.4 Å². The van der Waals surface area contributed by atoms with E-state index in [1.807, 2.05) is 19.2 Å². The number of rotatable bonds is 2. The first-order valence-corrected chi connectivity index (χ1v) is 5.52. The highest BCUT2D eigenvalue weighted by Crippen LogP contribution is 2.20. The molecule has 1 atom stereocenters. The van der Waals surface area contributed by atoms with Gasteiger partial charge in [-0.05, 0) is 19.9 Å². The van der Waals surface area contributed by atoms with E-state index in [-0.39, 0.29) is 0 Å². The molecule has 0 aliphatic carbocycles. The molecular weight excluding hydrogens is 204 g/mol. The molecule has 2 aromatic rings. The Kier molecular flexibility index (Phi) is 2.25. The van der Waals surface area contributed by atoms with Crippen LogP contribution in [-0.2, 0) is 0 Å². The van der Waals surface area contributed by atoms with Gasteiger partial charge in [0.25, 0.3) is 0 Å². The first-order valence-electron chi connectivity index (χ1n) is 5.52. The lowest BCUT2D eigenvalue weighted by molar-refractivity contribution is 0.450. The summed E-state index contributed by atoms with van der Waals surface area (Å²) in [4.78, 5) is 4.36. The van der Waals surface area contributed by atoms with Gasteiger partial charge in [0.1, 0.15) is 5.82 Å². The first kappa shape index (κ1) is 9.59. The number of hydrogen-bond acceptors (Lipinski definition) is 5. The number of anilines is 1. The highest BCUT2D eigenvalue weighted by Gasteiger charge is 2.15. The smallest absolute Gasteiger partial charge is 0.172 e. The second kappa shape index (κ2) is 3.75. The summed E-state index contributed by atoms with van der Waals surface area (Å²) < 4.78 is 5.21. The first-order chi connectivity index (χ1) is 7.83. The van der Waals surface area contributed by atoms with Crippen LogP contribution in [0.15, 0.2) is 16.8 Å². The number of fused-ring (bicyclic) bond motifs is 1. The quantitative estimate of drug-likeness (QED) is 0.795. The van der Waals surface area contributed by atoms with Crippen LogP contribution < -0.4 is 10.6 Å². The van der Waals surface area contributed by atoms with Gasteiger partial charge < -0.3 is 15.2 Å². The monoisotopic (exact) mass is 218 g/mol. The predicted molar refractivity (Wildman–Crippen MR) is 61.4 cm³/mol. The van der Waals surface area contributed by atoms with Crippen molar-refractivity contribution < 1.29 is 4.52 Å². The molecule has 5 nitrogen and oxygen atoms in total. The van der Waals surface area contributed by atoms with Gasteiger partial charge >= 0.3 is 0 Å². The second-order valence-corrected chi connectivity index (χ2v) is 4.17. The fraction of sp³-hybridized carbons (Fsp3) is 0.455. The summed E-state index contributed by atoms with van der Waals surface area (Å²) in [6.45, 7) is 3.98. The summed E-state index contributed by atoms with van der Waals surface area (Å²) in [6, 6.07) is 2.38. The zero-order chi connectivity index (χ0) is 11.0. The Bertz CT molecular complexity index is 502. The molecule has 3 rings (SSSR count). The molecule has 3 heterocycles. The van der Waals surface area contributed by atoms with Gasteiger partial charge in [0.2, 0.25) is 0 Å². The summed E-state index contributed by atoms with van der Waals surface area (Å²) in [7, 11) is 0. The Hall–Kier alpha value is -1.62. The number of aryl methyl sites for hydroxylation is 1. The van der Waals surface area contributed by atoms with Crippen LogP contribution in [0.25, 0.3) is 11.0 Å². The van der Waals surface area contributed by atoms with Gasteiger partial charge in [0.15, 0.2) is 5.58 Å². The maximum Gasteiger partial charge on any atom is 0.172 e. The Labute approximate surface area is 93.2 Å². The minimum Gasteiger partial charge on any atom is -0.366 e.